The number of carboxylic acid groups (broad SMARTS) is 1. The molecular formula is C12H16O5. The number of carbonyl (C=O) groups is 3. The summed E-state index contributed by atoms with van der Waals surface area (Å²) in [7, 11) is 0. The van der Waals surface area contributed by atoms with Gasteiger partial charge in [-0.3, -0.25) is 0 Å². The van der Waals surface area contributed by atoms with Crippen molar-refractivity contribution in [2.75, 3.05) is 0 Å². The van der Waals surface area contributed by atoms with Crippen LogP contribution in [0.4, 0.5) is 0 Å². The standard InChI is InChI=1S/C8H10O3.C4H6O2/c1-3-5-7(9)11-8(10)6-4-2;1-3(2)4(5)6/h3-6H,1-2H3;1H2,2H3,(H,5,6). The molecule has 0 aliphatic heterocycles. The van der Waals surface area contributed by atoms with E-state index in [-0.39, 0.29) is 5.57 Å². The molecule has 0 aromatic rings. The van der Waals surface area contributed by atoms with Crippen LogP contribution < -0.4 is 0 Å². The first-order valence-electron chi connectivity index (χ1n) is 4.75. The highest BCUT2D eigenvalue weighted by Gasteiger charge is 2.00. The minimum Gasteiger partial charge on any atom is -0.478 e. The number of aliphatic carboxylic acids is 1. The van der Waals surface area contributed by atoms with Gasteiger partial charge in [0.1, 0.15) is 0 Å². The maximum absolute atomic E-state index is 10.6. The third-order valence-electron chi connectivity index (χ3n) is 1.17. The lowest BCUT2D eigenvalue weighted by Crippen LogP contribution is -2.06. The molecule has 0 unspecified atom stereocenters. The highest BCUT2D eigenvalue weighted by Crippen LogP contribution is 1.85. The fourth-order valence-electron chi connectivity index (χ4n) is 0.439. The zero-order valence-corrected chi connectivity index (χ0v) is 10.1. The molecular weight excluding hydrogens is 224 g/mol. The average Bonchev–Trinajstić information content (AvgIpc) is 2.18. The Kier molecular flexibility index (Phi) is 10.5. The number of hydrogen-bond acceptors (Lipinski definition) is 4. The van der Waals surface area contributed by atoms with Gasteiger partial charge in [0, 0.05) is 17.7 Å². The van der Waals surface area contributed by atoms with Crippen LogP contribution >= 0.6 is 0 Å². The van der Waals surface area contributed by atoms with E-state index < -0.39 is 17.9 Å². The third-order valence-corrected chi connectivity index (χ3v) is 1.17. The number of hydrogen-bond donors (Lipinski definition) is 1. The summed E-state index contributed by atoms with van der Waals surface area (Å²) in [6, 6.07) is 0. The lowest BCUT2D eigenvalue weighted by Gasteiger charge is -1.91. The monoisotopic (exact) mass is 240 g/mol. The molecule has 0 saturated heterocycles. The molecule has 0 radical (unpaired) electrons. The predicted molar refractivity (Wildman–Crippen MR) is 63.2 cm³/mol. The normalized spacial score (nSPS) is 9.59. The molecule has 0 atom stereocenters. The topological polar surface area (TPSA) is 80.7 Å². The summed E-state index contributed by atoms with van der Waals surface area (Å²) in [4.78, 5) is 30.7. The first-order valence-corrected chi connectivity index (χ1v) is 4.75. The molecule has 0 spiro atoms. The first kappa shape index (κ1) is 17.2. The van der Waals surface area contributed by atoms with E-state index in [1.165, 1.54) is 31.2 Å². The molecule has 0 aliphatic rings. The molecule has 1 N–H and O–H groups in total. The van der Waals surface area contributed by atoms with E-state index in [0.717, 1.165) is 0 Å². The smallest absolute Gasteiger partial charge is 0.338 e. The molecule has 5 nitrogen and oxygen atoms in total. The zero-order valence-electron chi connectivity index (χ0n) is 10.1. The van der Waals surface area contributed by atoms with Gasteiger partial charge in [-0.2, -0.15) is 0 Å². The number of carbonyl (C=O) groups excluding carboxylic acids is 2. The molecule has 0 aromatic heterocycles. The summed E-state index contributed by atoms with van der Waals surface area (Å²) in [5.74, 6) is -2.22. The van der Waals surface area contributed by atoms with Gasteiger partial charge in [-0.05, 0) is 20.8 Å². The summed E-state index contributed by atoms with van der Waals surface area (Å²) in [6.45, 7) is 7.94. The second-order valence-corrected chi connectivity index (χ2v) is 2.83. The molecule has 0 saturated carbocycles. The van der Waals surface area contributed by atoms with Gasteiger partial charge >= 0.3 is 17.9 Å². The number of esters is 2. The summed E-state index contributed by atoms with van der Waals surface area (Å²) >= 11 is 0. The Morgan fingerprint density at radius 3 is 1.53 bits per heavy atom. The Balaban J connectivity index is 0. The zero-order chi connectivity index (χ0) is 13.8. The molecule has 0 bridgehead atoms. The summed E-state index contributed by atoms with van der Waals surface area (Å²) < 4.78 is 4.28. The van der Waals surface area contributed by atoms with Crippen LogP contribution in [0.3, 0.4) is 0 Å². The van der Waals surface area contributed by atoms with Crippen LogP contribution in [-0.2, 0) is 19.1 Å². The van der Waals surface area contributed by atoms with Crippen molar-refractivity contribution in [1.29, 1.82) is 0 Å². The van der Waals surface area contributed by atoms with E-state index in [1.807, 2.05) is 0 Å². The third kappa shape index (κ3) is 13.8. The fourth-order valence-corrected chi connectivity index (χ4v) is 0.439. The predicted octanol–water partition coefficient (Wildman–Crippen LogP) is 1.86. The number of carboxylic acids is 1. The maximum atomic E-state index is 10.6. The molecule has 0 fully saturated rings. The van der Waals surface area contributed by atoms with Crippen LogP contribution in [0.15, 0.2) is 36.5 Å². The second kappa shape index (κ2) is 10.4. The van der Waals surface area contributed by atoms with Crippen molar-refractivity contribution in [3.05, 3.63) is 36.5 Å². The van der Waals surface area contributed by atoms with Crippen molar-refractivity contribution in [1.82, 2.24) is 0 Å². The maximum Gasteiger partial charge on any atom is 0.338 e. The molecule has 0 rings (SSSR count). The number of allylic oxidation sites excluding steroid dienone is 2. The minimum absolute atomic E-state index is 0.176. The van der Waals surface area contributed by atoms with E-state index >= 15 is 0 Å². The highest BCUT2D eigenvalue weighted by molar-refractivity contribution is 5.96. The molecule has 94 valence electrons. The minimum atomic E-state index is -0.935. The van der Waals surface area contributed by atoms with E-state index in [0.29, 0.717) is 0 Å². The van der Waals surface area contributed by atoms with Crippen molar-refractivity contribution >= 4 is 17.9 Å². The molecule has 17 heavy (non-hydrogen) atoms. The average molecular weight is 240 g/mol. The van der Waals surface area contributed by atoms with Crippen LogP contribution in [-0.4, -0.2) is 23.0 Å². The van der Waals surface area contributed by atoms with Crippen LogP contribution in [0.1, 0.15) is 20.8 Å². The van der Waals surface area contributed by atoms with E-state index in [4.69, 9.17) is 5.11 Å². The quantitative estimate of drug-likeness (QED) is 0.462. The Bertz CT molecular complexity index is 316. The molecule has 5 heteroatoms. The fraction of sp³-hybridized carbons (Fsp3) is 0.250. The Morgan fingerprint density at radius 2 is 1.35 bits per heavy atom. The number of rotatable bonds is 3. The van der Waals surface area contributed by atoms with Crippen LogP contribution in [0.2, 0.25) is 0 Å². The highest BCUT2D eigenvalue weighted by atomic mass is 16.6. The van der Waals surface area contributed by atoms with Crippen LogP contribution in [0, 0.1) is 0 Å². The van der Waals surface area contributed by atoms with Gasteiger partial charge in [0.25, 0.3) is 0 Å². The lowest BCUT2D eigenvalue weighted by molar-refractivity contribution is -0.152. The van der Waals surface area contributed by atoms with Crippen LogP contribution in [0.5, 0.6) is 0 Å². The number of ether oxygens (including phenoxy) is 1. The molecule has 0 heterocycles. The van der Waals surface area contributed by atoms with Gasteiger partial charge < -0.3 is 9.84 Å². The van der Waals surface area contributed by atoms with Gasteiger partial charge in [0.05, 0.1) is 0 Å². The van der Waals surface area contributed by atoms with E-state index in [9.17, 15) is 14.4 Å². The molecule has 0 aliphatic carbocycles. The summed E-state index contributed by atoms with van der Waals surface area (Å²) in [5.41, 5.74) is 0.176. The van der Waals surface area contributed by atoms with Crippen molar-refractivity contribution in [2.24, 2.45) is 0 Å². The summed E-state index contributed by atoms with van der Waals surface area (Å²) in [5, 5.41) is 7.89. The van der Waals surface area contributed by atoms with Gasteiger partial charge in [0.15, 0.2) is 0 Å². The van der Waals surface area contributed by atoms with Gasteiger partial charge in [-0.15, -0.1) is 0 Å². The molecule has 0 aromatic carbocycles. The largest absolute Gasteiger partial charge is 0.478 e. The Labute approximate surface area is 100 Å². The first-order chi connectivity index (χ1) is 7.84. The van der Waals surface area contributed by atoms with Gasteiger partial charge in [0.2, 0.25) is 0 Å². The van der Waals surface area contributed by atoms with Crippen molar-refractivity contribution in [2.45, 2.75) is 20.8 Å². The SMILES string of the molecule is C=C(C)C(=O)O.CC=CC(=O)OC(=O)C=CC. The Morgan fingerprint density at radius 1 is 1.06 bits per heavy atom. The lowest BCUT2D eigenvalue weighted by atomic mass is 10.4. The second-order valence-electron chi connectivity index (χ2n) is 2.83. The van der Waals surface area contributed by atoms with Crippen molar-refractivity contribution in [3.8, 4) is 0 Å². The van der Waals surface area contributed by atoms with Gasteiger partial charge in [-0.25, -0.2) is 14.4 Å². The summed E-state index contributed by atoms with van der Waals surface area (Å²) in [6.07, 6.45) is 5.37. The van der Waals surface area contributed by atoms with E-state index in [1.54, 1.807) is 13.8 Å². The van der Waals surface area contributed by atoms with E-state index in [2.05, 4.69) is 11.3 Å². The van der Waals surface area contributed by atoms with Crippen molar-refractivity contribution < 1.29 is 24.2 Å². The Hall–Kier alpha value is -2.17. The van der Waals surface area contributed by atoms with Gasteiger partial charge in [-0.1, -0.05) is 18.7 Å². The van der Waals surface area contributed by atoms with Crippen LogP contribution in [0.25, 0.3) is 0 Å². The van der Waals surface area contributed by atoms with Crippen molar-refractivity contribution in [3.63, 3.8) is 0 Å². The molecule has 0 amide bonds.